The fourth-order valence-electron chi connectivity index (χ4n) is 3.09. The Morgan fingerprint density at radius 3 is 2.74 bits per heavy atom. The van der Waals surface area contributed by atoms with Crippen molar-refractivity contribution in [2.45, 2.75) is 38.6 Å². The van der Waals surface area contributed by atoms with Gasteiger partial charge >= 0.3 is 0 Å². The Hall–Kier alpha value is -1.24. The number of sulfonamides is 1. The number of hydrogen-bond acceptors (Lipinski definition) is 4. The molecule has 0 bridgehead atoms. The van der Waals surface area contributed by atoms with Crippen LogP contribution in [-0.4, -0.2) is 19.2 Å². The fraction of sp³-hybridized carbons (Fsp3) is 0.471. The van der Waals surface area contributed by atoms with Crippen molar-refractivity contribution >= 4 is 21.4 Å². The third-order valence-electron chi connectivity index (χ3n) is 4.33. The molecule has 0 aromatic carbocycles. The first-order valence-electron chi connectivity index (χ1n) is 8.06. The Kier molecular flexibility index (Phi) is 5.46. The van der Waals surface area contributed by atoms with Crippen LogP contribution < -0.4 is 4.72 Å². The summed E-state index contributed by atoms with van der Waals surface area (Å²) >= 11 is 1.64. The average molecular weight is 351 g/mol. The number of hydrogen-bond donors (Lipinski definition) is 1. The van der Waals surface area contributed by atoms with Crippen molar-refractivity contribution in [3.05, 3.63) is 40.8 Å². The van der Waals surface area contributed by atoms with Crippen LogP contribution in [0.2, 0.25) is 0 Å². The predicted octanol–water partition coefficient (Wildman–Crippen LogP) is 3.81. The highest BCUT2D eigenvalue weighted by molar-refractivity contribution is 7.89. The minimum absolute atomic E-state index is 0.255. The van der Waals surface area contributed by atoms with Crippen LogP contribution in [0.4, 0.5) is 0 Å². The smallest absolute Gasteiger partial charge is 0.212 e. The second-order valence-electron chi connectivity index (χ2n) is 6.20. The molecule has 1 aliphatic carbocycles. The Balaban J connectivity index is 1.60. The highest BCUT2D eigenvalue weighted by Crippen LogP contribution is 2.25. The Morgan fingerprint density at radius 1 is 1.17 bits per heavy atom. The lowest BCUT2D eigenvalue weighted by atomic mass is 9.91. The van der Waals surface area contributed by atoms with Crippen LogP contribution in [0, 0.1) is 5.92 Å². The summed E-state index contributed by atoms with van der Waals surface area (Å²) in [5.74, 6) is 0.571. The predicted molar refractivity (Wildman–Crippen MR) is 94.8 cm³/mol. The van der Waals surface area contributed by atoms with Crippen molar-refractivity contribution in [3.8, 4) is 11.1 Å². The number of rotatable bonds is 6. The molecule has 0 aliphatic heterocycles. The molecule has 2 heterocycles. The molecule has 0 spiro atoms. The van der Waals surface area contributed by atoms with Gasteiger partial charge in [-0.1, -0.05) is 19.3 Å². The third kappa shape index (κ3) is 4.86. The summed E-state index contributed by atoms with van der Waals surface area (Å²) in [4.78, 5) is 4.23. The van der Waals surface area contributed by atoms with Crippen molar-refractivity contribution in [1.82, 2.24) is 9.71 Å². The van der Waals surface area contributed by atoms with E-state index in [4.69, 9.17) is 0 Å². The van der Waals surface area contributed by atoms with Gasteiger partial charge in [0.05, 0.1) is 5.75 Å². The van der Waals surface area contributed by atoms with E-state index >= 15 is 0 Å². The average Bonchev–Trinajstić information content (AvgIpc) is 3.08. The van der Waals surface area contributed by atoms with Gasteiger partial charge in [0.25, 0.3) is 0 Å². The summed E-state index contributed by atoms with van der Waals surface area (Å²) in [5.41, 5.74) is 3.03. The molecule has 0 saturated heterocycles. The van der Waals surface area contributed by atoms with Crippen molar-refractivity contribution in [1.29, 1.82) is 0 Å². The zero-order valence-corrected chi connectivity index (χ0v) is 14.7. The van der Waals surface area contributed by atoms with E-state index in [1.54, 1.807) is 17.5 Å². The fourth-order valence-corrected chi connectivity index (χ4v) is 5.21. The molecule has 23 heavy (non-hydrogen) atoms. The van der Waals surface area contributed by atoms with Crippen LogP contribution in [0.3, 0.4) is 0 Å². The first kappa shape index (κ1) is 16.6. The number of pyridine rings is 1. The molecule has 0 amide bonds. The Labute approximate surface area is 142 Å². The lowest BCUT2D eigenvalue weighted by Crippen LogP contribution is -2.30. The highest BCUT2D eigenvalue weighted by atomic mass is 32.2. The first-order valence-corrected chi connectivity index (χ1v) is 10.7. The zero-order chi connectivity index (χ0) is 16.1. The van der Waals surface area contributed by atoms with Gasteiger partial charge in [-0.2, -0.15) is 11.3 Å². The molecule has 6 heteroatoms. The molecule has 2 aromatic rings. The molecule has 0 unspecified atom stereocenters. The highest BCUT2D eigenvalue weighted by Gasteiger charge is 2.21. The van der Waals surface area contributed by atoms with Crippen LogP contribution in [0.15, 0.2) is 35.3 Å². The molecule has 0 radical (unpaired) electrons. The van der Waals surface area contributed by atoms with E-state index in [9.17, 15) is 8.42 Å². The number of aromatic nitrogens is 1. The van der Waals surface area contributed by atoms with Gasteiger partial charge < -0.3 is 0 Å². The number of thiophene rings is 1. The maximum atomic E-state index is 12.3. The lowest BCUT2D eigenvalue weighted by Gasteiger charge is -2.21. The van der Waals surface area contributed by atoms with Gasteiger partial charge in [-0.25, -0.2) is 13.1 Å². The summed E-state index contributed by atoms with van der Waals surface area (Å²) < 4.78 is 27.2. The molecular weight excluding hydrogens is 328 g/mol. The third-order valence-corrected chi connectivity index (χ3v) is 6.50. The Bertz CT molecular complexity index is 721. The summed E-state index contributed by atoms with van der Waals surface area (Å²) in [6.07, 6.45) is 9.16. The largest absolute Gasteiger partial charge is 0.264 e. The van der Waals surface area contributed by atoms with Crippen LogP contribution >= 0.6 is 11.3 Å². The van der Waals surface area contributed by atoms with Gasteiger partial charge in [0, 0.05) is 24.5 Å². The van der Waals surface area contributed by atoms with E-state index < -0.39 is 10.0 Å². The van der Waals surface area contributed by atoms with Gasteiger partial charge in [0.15, 0.2) is 0 Å². The Morgan fingerprint density at radius 2 is 2.00 bits per heavy atom. The molecule has 124 valence electrons. The van der Waals surface area contributed by atoms with Crippen LogP contribution in [0.5, 0.6) is 0 Å². The van der Waals surface area contributed by atoms with Crippen molar-refractivity contribution in [3.63, 3.8) is 0 Å². The van der Waals surface area contributed by atoms with Crippen LogP contribution in [0.1, 0.15) is 37.7 Å². The minimum atomic E-state index is -3.22. The van der Waals surface area contributed by atoms with Gasteiger partial charge in [-0.05, 0) is 52.8 Å². The van der Waals surface area contributed by atoms with Gasteiger partial charge in [-0.3, -0.25) is 4.98 Å². The van der Waals surface area contributed by atoms with Crippen molar-refractivity contribution < 1.29 is 8.42 Å². The summed E-state index contributed by atoms with van der Waals surface area (Å²) in [6.45, 7) is 0.306. The van der Waals surface area contributed by atoms with Gasteiger partial charge in [-0.15, -0.1) is 0 Å². The molecule has 2 aromatic heterocycles. The standard InChI is InChI=1S/C17H22N2O2S2/c20-23(21,13-14-4-2-1-3-5-14)19-10-15-8-17(11-18-9-15)16-6-7-22-12-16/h6-9,11-12,14,19H,1-5,10,13H2. The second kappa shape index (κ2) is 7.55. The van der Waals surface area contributed by atoms with E-state index in [1.807, 2.05) is 23.7 Å². The maximum Gasteiger partial charge on any atom is 0.212 e. The summed E-state index contributed by atoms with van der Waals surface area (Å²) in [6, 6.07) is 4.04. The number of nitrogens with zero attached hydrogens (tertiary/aromatic N) is 1. The first-order chi connectivity index (χ1) is 11.1. The zero-order valence-electron chi connectivity index (χ0n) is 13.1. The molecule has 4 nitrogen and oxygen atoms in total. The van der Waals surface area contributed by atoms with Crippen LogP contribution in [-0.2, 0) is 16.6 Å². The van der Waals surface area contributed by atoms with E-state index in [-0.39, 0.29) is 5.75 Å². The van der Waals surface area contributed by atoms with Gasteiger partial charge in [0.2, 0.25) is 10.0 Å². The van der Waals surface area contributed by atoms with E-state index in [0.29, 0.717) is 12.5 Å². The molecule has 3 rings (SSSR count). The normalized spacial score (nSPS) is 16.5. The second-order valence-corrected chi connectivity index (χ2v) is 8.83. The van der Waals surface area contributed by atoms with Gasteiger partial charge in [0.1, 0.15) is 0 Å². The lowest BCUT2D eigenvalue weighted by molar-refractivity contribution is 0.384. The molecule has 1 fully saturated rings. The van der Waals surface area contributed by atoms with Crippen molar-refractivity contribution in [2.24, 2.45) is 5.92 Å². The monoisotopic (exact) mass is 350 g/mol. The van der Waals surface area contributed by atoms with E-state index in [0.717, 1.165) is 42.4 Å². The maximum absolute atomic E-state index is 12.3. The topological polar surface area (TPSA) is 59.1 Å². The molecule has 1 aliphatic rings. The SMILES string of the molecule is O=S(=O)(CC1CCCCC1)NCc1cncc(-c2ccsc2)c1. The van der Waals surface area contributed by atoms with E-state index in [2.05, 4.69) is 15.1 Å². The quantitative estimate of drug-likeness (QED) is 0.862. The molecule has 0 atom stereocenters. The minimum Gasteiger partial charge on any atom is -0.264 e. The van der Waals surface area contributed by atoms with Crippen LogP contribution in [0.25, 0.3) is 11.1 Å². The number of nitrogens with one attached hydrogen (secondary N) is 1. The molecular formula is C17H22N2O2S2. The summed E-state index contributed by atoms with van der Waals surface area (Å²) in [5, 5.41) is 4.09. The molecule has 1 saturated carbocycles. The van der Waals surface area contributed by atoms with Crippen molar-refractivity contribution in [2.75, 3.05) is 5.75 Å². The molecule has 1 N–H and O–H groups in total. The summed E-state index contributed by atoms with van der Waals surface area (Å²) in [7, 11) is -3.22. The van der Waals surface area contributed by atoms with E-state index in [1.165, 1.54) is 6.42 Å².